The summed E-state index contributed by atoms with van der Waals surface area (Å²) in [5.41, 5.74) is 5.18. The normalized spacial score (nSPS) is 11.0. The molecule has 7 heteroatoms. The summed E-state index contributed by atoms with van der Waals surface area (Å²) in [5.74, 6) is 1.45. The van der Waals surface area contributed by atoms with E-state index in [0.717, 1.165) is 39.2 Å². The van der Waals surface area contributed by atoms with Crippen LogP contribution in [0.4, 0.5) is 0 Å². The van der Waals surface area contributed by atoms with Gasteiger partial charge in [0.05, 0.1) is 31.2 Å². The Labute approximate surface area is 180 Å². The Hall–Kier alpha value is -3.06. The Balaban J connectivity index is 1.59. The maximum Gasteiger partial charge on any atom is 0.250 e. The minimum Gasteiger partial charge on any atom is -0.496 e. The van der Waals surface area contributed by atoms with Gasteiger partial charge >= 0.3 is 0 Å². The van der Waals surface area contributed by atoms with E-state index in [9.17, 15) is 4.79 Å². The van der Waals surface area contributed by atoms with Crippen molar-refractivity contribution >= 4 is 34.8 Å². The number of fused-ring (bicyclic) bond motifs is 1. The molecule has 0 spiro atoms. The lowest BCUT2D eigenvalue weighted by Crippen LogP contribution is -2.19. The lowest BCUT2D eigenvalue weighted by Gasteiger charge is -2.09. The van der Waals surface area contributed by atoms with Gasteiger partial charge in [-0.05, 0) is 37.6 Å². The molecular formula is C23H25N3O3S. The quantitative estimate of drug-likeness (QED) is 0.310. The number of thioether (sulfide) groups is 1. The van der Waals surface area contributed by atoms with Crippen molar-refractivity contribution in [1.29, 1.82) is 0 Å². The minimum atomic E-state index is -0.184. The van der Waals surface area contributed by atoms with Gasteiger partial charge in [0, 0.05) is 27.6 Å². The highest BCUT2D eigenvalue weighted by atomic mass is 32.2. The first kappa shape index (κ1) is 21.6. The topological polar surface area (TPSA) is 72.8 Å². The first-order valence-electron chi connectivity index (χ1n) is 9.72. The van der Waals surface area contributed by atoms with Crippen LogP contribution in [0.15, 0.2) is 58.5 Å². The number of benzene rings is 2. The zero-order valence-electron chi connectivity index (χ0n) is 17.3. The van der Waals surface area contributed by atoms with Crippen LogP contribution in [0.25, 0.3) is 10.9 Å². The summed E-state index contributed by atoms with van der Waals surface area (Å²) >= 11 is 1.47. The number of nitrogens with one attached hydrogen (secondary N) is 1. The average Bonchev–Trinajstić information content (AvgIpc) is 2.76. The van der Waals surface area contributed by atoms with Gasteiger partial charge in [-0.3, -0.25) is 9.78 Å². The van der Waals surface area contributed by atoms with Crippen LogP contribution in [0.1, 0.15) is 24.6 Å². The zero-order valence-corrected chi connectivity index (χ0v) is 18.2. The number of hydrazone groups is 1. The fraction of sp³-hybridized carbons (Fsp3) is 0.261. The van der Waals surface area contributed by atoms with Crippen LogP contribution in [0.2, 0.25) is 0 Å². The maximum atomic E-state index is 12.2. The van der Waals surface area contributed by atoms with Crippen molar-refractivity contribution in [2.45, 2.75) is 25.2 Å². The first-order chi connectivity index (χ1) is 14.6. The van der Waals surface area contributed by atoms with E-state index in [1.165, 1.54) is 11.8 Å². The van der Waals surface area contributed by atoms with Gasteiger partial charge in [0.25, 0.3) is 0 Å². The molecule has 0 aliphatic heterocycles. The second-order valence-corrected chi connectivity index (χ2v) is 7.63. The SMILES string of the molecule is CCCOc1ccc(/C=N/NC(=O)CSc2cc(C)nc3ccccc23)c(OC)c1. The summed E-state index contributed by atoms with van der Waals surface area (Å²) in [4.78, 5) is 17.8. The summed E-state index contributed by atoms with van der Waals surface area (Å²) in [6.07, 6.45) is 2.50. The number of aryl methyl sites for hydroxylation is 1. The van der Waals surface area contributed by atoms with Crippen molar-refractivity contribution in [2.75, 3.05) is 19.5 Å². The second kappa shape index (κ2) is 10.6. The number of aromatic nitrogens is 1. The number of hydrogen-bond acceptors (Lipinski definition) is 6. The highest BCUT2D eigenvalue weighted by Crippen LogP contribution is 2.27. The molecule has 1 aromatic heterocycles. The summed E-state index contributed by atoms with van der Waals surface area (Å²) < 4.78 is 11.0. The lowest BCUT2D eigenvalue weighted by atomic mass is 10.2. The van der Waals surface area contributed by atoms with E-state index in [1.54, 1.807) is 13.3 Å². The number of hydrogen-bond donors (Lipinski definition) is 1. The van der Waals surface area contributed by atoms with Gasteiger partial charge in [-0.1, -0.05) is 25.1 Å². The van der Waals surface area contributed by atoms with Crippen LogP contribution >= 0.6 is 11.8 Å². The Bertz CT molecular complexity index is 1050. The number of methoxy groups -OCH3 is 1. The molecule has 0 bridgehead atoms. The third kappa shape index (κ3) is 5.73. The van der Waals surface area contributed by atoms with Crippen molar-refractivity contribution < 1.29 is 14.3 Å². The summed E-state index contributed by atoms with van der Waals surface area (Å²) in [7, 11) is 1.59. The number of para-hydroxylation sites is 1. The molecule has 2 aromatic carbocycles. The first-order valence-corrected chi connectivity index (χ1v) is 10.7. The molecule has 1 N–H and O–H groups in total. The van der Waals surface area contributed by atoms with Crippen molar-refractivity contribution in [2.24, 2.45) is 5.10 Å². The minimum absolute atomic E-state index is 0.184. The van der Waals surface area contributed by atoms with Crippen LogP contribution in [-0.4, -0.2) is 36.6 Å². The molecule has 3 rings (SSSR count). The van der Waals surface area contributed by atoms with Crippen LogP contribution in [0.5, 0.6) is 11.5 Å². The van der Waals surface area contributed by atoms with E-state index >= 15 is 0 Å². The molecule has 3 aromatic rings. The molecule has 6 nitrogen and oxygen atoms in total. The van der Waals surface area contributed by atoms with E-state index in [4.69, 9.17) is 9.47 Å². The van der Waals surface area contributed by atoms with E-state index in [2.05, 4.69) is 22.4 Å². The number of ether oxygens (including phenoxy) is 2. The van der Waals surface area contributed by atoms with E-state index < -0.39 is 0 Å². The molecule has 1 heterocycles. The van der Waals surface area contributed by atoms with Crippen LogP contribution in [-0.2, 0) is 4.79 Å². The largest absolute Gasteiger partial charge is 0.496 e. The number of pyridine rings is 1. The molecule has 0 aliphatic carbocycles. The van der Waals surface area contributed by atoms with Gasteiger partial charge in [0.2, 0.25) is 5.91 Å². The highest BCUT2D eigenvalue weighted by molar-refractivity contribution is 8.00. The van der Waals surface area contributed by atoms with Gasteiger partial charge in [0.1, 0.15) is 11.5 Å². The van der Waals surface area contributed by atoms with Crippen molar-refractivity contribution in [1.82, 2.24) is 10.4 Å². The Morgan fingerprint density at radius 1 is 1.23 bits per heavy atom. The van der Waals surface area contributed by atoms with Gasteiger partial charge in [-0.25, -0.2) is 5.43 Å². The van der Waals surface area contributed by atoms with Crippen molar-refractivity contribution in [3.63, 3.8) is 0 Å². The highest BCUT2D eigenvalue weighted by Gasteiger charge is 2.08. The molecule has 156 valence electrons. The molecule has 0 radical (unpaired) electrons. The number of amides is 1. The Morgan fingerprint density at radius 3 is 2.87 bits per heavy atom. The predicted octanol–water partition coefficient (Wildman–Crippen LogP) is 4.58. The van der Waals surface area contributed by atoms with Crippen molar-refractivity contribution in [3.05, 3.63) is 59.8 Å². The van der Waals surface area contributed by atoms with Gasteiger partial charge in [-0.15, -0.1) is 11.8 Å². The third-order valence-electron chi connectivity index (χ3n) is 4.24. The molecule has 0 fully saturated rings. The number of carbonyl (C=O) groups excluding carboxylic acids is 1. The summed E-state index contributed by atoms with van der Waals surface area (Å²) in [6, 6.07) is 15.4. The van der Waals surface area contributed by atoms with Crippen molar-refractivity contribution in [3.8, 4) is 11.5 Å². The average molecular weight is 424 g/mol. The fourth-order valence-corrected chi connectivity index (χ4v) is 3.78. The molecule has 30 heavy (non-hydrogen) atoms. The van der Waals surface area contributed by atoms with E-state index in [1.807, 2.05) is 55.5 Å². The third-order valence-corrected chi connectivity index (χ3v) is 5.29. The van der Waals surface area contributed by atoms with E-state index in [-0.39, 0.29) is 11.7 Å². The van der Waals surface area contributed by atoms with E-state index in [0.29, 0.717) is 12.4 Å². The molecular weight excluding hydrogens is 398 g/mol. The van der Waals surface area contributed by atoms with Gasteiger partial charge in [0.15, 0.2) is 0 Å². The standard InChI is InChI=1S/C23H25N3O3S/c1-4-11-29-18-10-9-17(21(13-18)28-3)14-24-26-23(27)15-30-22-12-16(2)25-20-8-6-5-7-19(20)22/h5-10,12-14H,4,11,15H2,1-3H3,(H,26,27)/b24-14+. The van der Waals surface area contributed by atoms with Crippen LogP contribution < -0.4 is 14.9 Å². The number of carbonyl (C=O) groups is 1. The molecule has 0 aliphatic rings. The summed E-state index contributed by atoms with van der Waals surface area (Å²) in [5, 5.41) is 5.10. The lowest BCUT2D eigenvalue weighted by molar-refractivity contribution is -0.118. The Kier molecular flexibility index (Phi) is 7.68. The predicted molar refractivity (Wildman–Crippen MR) is 122 cm³/mol. The van der Waals surface area contributed by atoms with Crippen LogP contribution in [0.3, 0.4) is 0 Å². The van der Waals surface area contributed by atoms with Gasteiger partial charge < -0.3 is 9.47 Å². The fourth-order valence-electron chi connectivity index (χ4n) is 2.85. The van der Waals surface area contributed by atoms with Crippen LogP contribution in [0, 0.1) is 6.92 Å². The Morgan fingerprint density at radius 2 is 2.07 bits per heavy atom. The number of nitrogens with zero attached hydrogens (tertiary/aromatic N) is 2. The molecule has 1 amide bonds. The molecule has 0 unspecified atom stereocenters. The molecule has 0 saturated carbocycles. The summed E-state index contributed by atoms with van der Waals surface area (Å²) in [6.45, 7) is 4.65. The molecule has 0 saturated heterocycles. The maximum absolute atomic E-state index is 12.2. The van der Waals surface area contributed by atoms with Gasteiger partial charge in [-0.2, -0.15) is 5.10 Å². The monoisotopic (exact) mass is 423 g/mol. The smallest absolute Gasteiger partial charge is 0.250 e. The zero-order chi connectivity index (χ0) is 21.3. The molecule has 0 atom stereocenters. The second-order valence-electron chi connectivity index (χ2n) is 6.61. The number of rotatable bonds is 9.